The fraction of sp³-hybridized carbons (Fsp3) is 0.520. The molecular weight excluding hydrogens is 885 g/mol. The summed E-state index contributed by atoms with van der Waals surface area (Å²) in [6.45, 7) is 12.3. The monoisotopic (exact) mass is 958 g/mol. The van der Waals surface area contributed by atoms with Gasteiger partial charge in [-0.15, -0.1) is 10.2 Å². The zero-order valence-corrected chi connectivity index (χ0v) is 41.6. The first-order valence-electron chi connectivity index (χ1n) is 23.9. The molecule has 3 heterocycles. The van der Waals surface area contributed by atoms with Crippen LogP contribution in [0.1, 0.15) is 133 Å². The second-order valence-corrected chi connectivity index (χ2v) is 21.0. The van der Waals surface area contributed by atoms with Gasteiger partial charge in [-0.2, -0.15) is 8.42 Å². The third-order valence-corrected chi connectivity index (χ3v) is 14.1. The first kappa shape index (κ1) is 52.6. The van der Waals surface area contributed by atoms with Crippen molar-refractivity contribution in [1.82, 2.24) is 26.1 Å². The van der Waals surface area contributed by atoms with Crippen molar-refractivity contribution in [2.75, 3.05) is 49.1 Å². The number of anilines is 2. The van der Waals surface area contributed by atoms with Gasteiger partial charge in [-0.25, -0.2) is 9.37 Å². The van der Waals surface area contributed by atoms with Crippen molar-refractivity contribution in [2.24, 2.45) is 10.7 Å². The van der Waals surface area contributed by atoms with Gasteiger partial charge in [-0.05, 0) is 68.7 Å². The van der Waals surface area contributed by atoms with E-state index in [0.29, 0.717) is 57.0 Å². The number of fused-ring (bicyclic) bond motifs is 2. The van der Waals surface area contributed by atoms with E-state index in [1.807, 2.05) is 6.07 Å². The smallest absolute Gasteiger partial charge is 0.321 e. The lowest BCUT2D eigenvalue weighted by atomic mass is 9.84. The molecule has 3 aromatic rings. The summed E-state index contributed by atoms with van der Waals surface area (Å²) in [5, 5.41) is 17.5. The van der Waals surface area contributed by atoms with Gasteiger partial charge in [0.1, 0.15) is 11.6 Å². The van der Waals surface area contributed by atoms with Crippen molar-refractivity contribution >= 4 is 55.9 Å². The summed E-state index contributed by atoms with van der Waals surface area (Å²) in [5.74, 6) is -0.0309. The van der Waals surface area contributed by atoms with Gasteiger partial charge in [0.05, 0.1) is 11.3 Å². The molecule has 0 aliphatic carbocycles. The van der Waals surface area contributed by atoms with Gasteiger partial charge in [0.15, 0.2) is 11.5 Å². The predicted octanol–water partition coefficient (Wildman–Crippen LogP) is 7.90. The summed E-state index contributed by atoms with van der Waals surface area (Å²) in [7, 11) is -3.99. The standard InChI is InChI=1S/C50H72N10O5S2/c1-49(2)40-26-16-17-28-42(40)59(35-21-22-37-67(63,64)65)43(49)29-12-9-11-27-41-38-24-14-15-25-39(38)50(3,4)60(41)36-20-10-13-30-44(61)53-32-18-7-5-6-8-19-33-55-48(62)56-46(51)54-34-23-31-45-57-58-47(52)66-45/h9,11-12,14-17,24-29H,5-8,10,13,18-23,30-37H2,1-4H3,(H7-,51,52,53,54,55,56,58,61,62,63,64,65)/p+1. The number of carbonyl (C=O) groups excluding carboxylic acids is 2. The lowest BCUT2D eigenvalue weighted by Gasteiger charge is -2.27. The molecular formula is C50H73N10O5S2+. The highest BCUT2D eigenvalue weighted by Crippen LogP contribution is 2.47. The molecule has 2 aliphatic heterocycles. The number of urea groups is 1. The SMILES string of the molecule is CC1(C)C(=CC=CC=CC2=[N+](CCCCCC(=O)NCCCCCCCCNC(=O)NC(N)=NCCCc3nnc(N)s3)C(C)(C)c3ccccc32)N(CCCCS(=O)(=O)O)c2ccccc21. The van der Waals surface area contributed by atoms with Crippen LogP contribution in [0.5, 0.6) is 0 Å². The number of unbranched alkanes of at least 4 members (excludes halogenated alkanes) is 8. The lowest BCUT2D eigenvalue weighted by Crippen LogP contribution is -2.43. The number of amides is 3. The highest BCUT2D eigenvalue weighted by molar-refractivity contribution is 7.85. The van der Waals surface area contributed by atoms with Crippen molar-refractivity contribution < 1.29 is 27.1 Å². The molecule has 5 rings (SSSR count). The quantitative estimate of drug-likeness (QED) is 0.0108. The van der Waals surface area contributed by atoms with Crippen molar-refractivity contribution in [3.8, 4) is 0 Å². The number of hydrogen-bond acceptors (Lipinski definition) is 10. The van der Waals surface area contributed by atoms with Crippen LogP contribution in [0.3, 0.4) is 0 Å². The van der Waals surface area contributed by atoms with Gasteiger partial charge >= 0.3 is 6.03 Å². The van der Waals surface area contributed by atoms with Crippen LogP contribution in [0.25, 0.3) is 0 Å². The molecule has 0 unspecified atom stereocenters. The summed E-state index contributed by atoms with van der Waals surface area (Å²) in [4.78, 5) is 31.2. The largest absolute Gasteiger partial charge is 0.374 e. The molecule has 15 nitrogen and oxygen atoms in total. The van der Waals surface area contributed by atoms with E-state index in [4.69, 9.17) is 11.5 Å². The second kappa shape index (κ2) is 25.7. The molecule has 0 spiro atoms. The number of carbonyl (C=O) groups is 2. The molecule has 0 fully saturated rings. The first-order chi connectivity index (χ1) is 32.1. The Morgan fingerprint density at radius 2 is 1.52 bits per heavy atom. The Balaban J connectivity index is 0.980. The van der Waals surface area contributed by atoms with Crippen LogP contribution in [-0.4, -0.2) is 89.8 Å². The number of nitrogen functional groups attached to an aromatic ring is 1. The third-order valence-electron chi connectivity index (χ3n) is 12.4. The van der Waals surface area contributed by atoms with Crippen LogP contribution in [0, 0.1) is 0 Å². The lowest BCUT2D eigenvalue weighted by molar-refractivity contribution is -0.604. The highest BCUT2D eigenvalue weighted by atomic mass is 32.2. The molecule has 0 saturated heterocycles. The molecule has 17 heteroatoms. The second-order valence-electron chi connectivity index (χ2n) is 18.3. The number of aromatic nitrogens is 2. The molecule has 0 radical (unpaired) electrons. The Morgan fingerprint density at radius 1 is 0.836 bits per heavy atom. The molecule has 1 aromatic heterocycles. The number of rotatable bonds is 27. The molecule has 3 amide bonds. The van der Waals surface area contributed by atoms with Crippen LogP contribution in [0.2, 0.25) is 0 Å². The van der Waals surface area contributed by atoms with Crippen molar-refractivity contribution in [1.29, 1.82) is 0 Å². The molecule has 364 valence electrons. The Morgan fingerprint density at radius 3 is 2.25 bits per heavy atom. The predicted molar refractivity (Wildman–Crippen MR) is 272 cm³/mol. The highest BCUT2D eigenvalue weighted by Gasteiger charge is 2.43. The number of para-hydroxylation sites is 1. The maximum atomic E-state index is 12.6. The minimum absolute atomic E-state index is 0.0892. The summed E-state index contributed by atoms with van der Waals surface area (Å²) < 4.78 is 34.4. The van der Waals surface area contributed by atoms with Crippen LogP contribution in [0.15, 0.2) is 89.6 Å². The van der Waals surface area contributed by atoms with Crippen molar-refractivity contribution in [3.63, 3.8) is 0 Å². The van der Waals surface area contributed by atoms with Gasteiger partial charge < -0.3 is 27.0 Å². The van der Waals surface area contributed by atoms with E-state index in [2.05, 4.69) is 141 Å². The zero-order chi connectivity index (χ0) is 48.3. The van der Waals surface area contributed by atoms with E-state index < -0.39 is 10.1 Å². The first-order valence-corrected chi connectivity index (χ1v) is 26.3. The maximum Gasteiger partial charge on any atom is 0.321 e. The minimum atomic E-state index is -3.99. The van der Waals surface area contributed by atoms with Gasteiger partial charge in [-0.1, -0.05) is 105 Å². The normalized spacial score (nSPS) is 16.0. The molecule has 0 bridgehead atoms. The number of nitrogens with zero attached hydrogens (tertiary/aromatic N) is 5. The number of aryl methyl sites for hydroxylation is 1. The van der Waals surface area contributed by atoms with Gasteiger partial charge in [0, 0.05) is 87.7 Å². The zero-order valence-electron chi connectivity index (χ0n) is 39.9. The number of guanidine groups is 1. The van der Waals surface area contributed by atoms with E-state index in [1.165, 1.54) is 33.7 Å². The van der Waals surface area contributed by atoms with Crippen molar-refractivity contribution in [2.45, 2.75) is 129 Å². The number of aliphatic imine (C=N–C) groups is 1. The fourth-order valence-corrected chi connectivity index (χ4v) is 10.1. The summed E-state index contributed by atoms with van der Waals surface area (Å²) in [6.07, 6.45) is 22.5. The maximum absolute atomic E-state index is 12.6. The van der Waals surface area contributed by atoms with Gasteiger partial charge in [0.2, 0.25) is 16.8 Å². The average molecular weight is 958 g/mol. The van der Waals surface area contributed by atoms with Crippen LogP contribution >= 0.6 is 11.3 Å². The Kier molecular flexibility index (Phi) is 20.1. The van der Waals surface area contributed by atoms with Crippen LogP contribution < -0.4 is 32.3 Å². The van der Waals surface area contributed by atoms with Gasteiger partial charge in [-0.3, -0.25) is 19.7 Å². The number of benzene rings is 2. The summed E-state index contributed by atoms with van der Waals surface area (Å²) >= 11 is 1.35. The third kappa shape index (κ3) is 16.1. The number of hydrogen-bond donors (Lipinski definition) is 6. The topological polar surface area (TPSA) is 221 Å². The average Bonchev–Trinajstić information content (AvgIpc) is 3.87. The van der Waals surface area contributed by atoms with E-state index in [-0.39, 0.29) is 34.6 Å². The Labute approximate surface area is 402 Å². The molecule has 8 N–H and O–H groups in total. The fourth-order valence-electron chi connectivity index (χ4n) is 8.91. The van der Waals surface area contributed by atoms with Crippen LogP contribution in [0.4, 0.5) is 15.6 Å². The molecule has 0 saturated carbocycles. The Bertz CT molecular complexity index is 2390. The van der Waals surface area contributed by atoms with Crippen LogP contribution in [-0.2, 0) is 32.3 Å². The van der Waals surface area contributed by atoms with E-state index >= 15 is 0 Å². The number of nitrogens with one attached hydrogen (secondary N) is 3. The summed E-state index contributed by atoms with van der Waals surface area (Å²) in [5.41, 5.74) is 18.3. The molecule has 67 heavy (non-hydrogen) atoms. The number of allylic oxidation sites excluding steroid dienone is 6. The molecule has 0 atom stereocenters. The van der Waals surface area contributed by atoms with E-state index in [9.17, 15) is 22.6 Å². The van der Waals surface area contributed by atoms with E-state index in [0.717, 1.165) is 87.1 Å². The molecule has 2 aliphatic rings. The molecule has 2 aromatic carbocycles. The van der Waals surface area contributed by atoms with E-state index in [1.54, 1.807) is 0 Å². The number of nitrogens with two attached hydrogens (primary N) is 2. The van der Waals surface area contributed by atoms with Gasteiger partial charge in [0.25, 0.3) is 10.1 Å². The summed E-state index contributed by atoms with van der Waals surface area (Å²) in [6, 6.07) is 16.6. The minimum Gasteiger partial charge on any atom is -0.374 e. The Hall–Kier alpha value is -5.39. The van der Waals surface area contributed by atoms with Crippen molar-refractivity contribution in [3.05, 3.63) is 106 Å².